The Kier molecular flexibility index (Phi) is 6.75. The van der Waals surface area contributed by atoms with Gasteiger partial charge in [-0.15, -0.1) is 0 Å². The minimum atomic E-state index is -0.935. The lowest BCUT2D eigenvalue weighted by Crippen LogP contribution is -2.44. The summed E-state index contributed by atoms with van der Waals surface area (Å²) in [6, 6.07) is 7.49. The van der Waals surface area contributed by atoms with Gasteiger partial charge in [-0.05, 0) is 24.8 Å². The van der Waals surface area contributed by atoms with E-state index in [2.05, 4.69) is 12.2 Å². The monoisotopic (exact) mass is 305 g/mol. The zero-order chi connectivity index (χ0) is 16.8. The number of aliphatic hydroxyl groups is 1. The van der Waals surface area contributed by atoms with Gasteiger partial charge < -0.3 is 10.4 Å². The third-order valence-corrected chi connectivity index (χ3v) is 4.15. The molecule has 1 atom stereocenters. The van der Waals surface area contributed by atoms with Gasteiger partial charge >= 0.3 is 0 Å². The van der Waals surface area contributed by atoms with Gasteiger partial charge in [-0.25, -0.2) is 0 Å². The van der Waals surface area contributed by atoms with Gasteiger partial charge in [0.1, 0.15) is 0 Å². The summed E-state index contributed by atoms with van der Waals surface area (Å²) in [5.74, 6) is -0.195. The van der Waals surface area contributed by atoms with Crippen LogP contribution in [0.1, 0.15) is 56.5 Å². The van der Waals surface area contributed by atoms with Crippen LogP contribution >= 0.6 is 0 Å². The number of Topliss-reactive ketones (excluding diaryl/α,β-unsaturated/α-hetero) is 1. The summed E-state index contributed by atoms with van der Waals surface area (Å²) in [6.45, 7) is 7.75. The molecular weight excluding hydrogens is 278 g/mol. The SMILES string of the molecule is CCc1ccc(C(=O)CCC(=O)NCC(C)(O)C(C)C)cc1. The van der Waals surface area contributed by atoms with Gasteiger partial charge in [0.25, 0.3) is 0 Å². The Morgan fingerprint density at radius 2 is 1.77 bits per heavy atom. The molecule has 1 unspecified atom stereocenters. The number of rotatable bonds is 8. The lowest BCUT2D eigenvalue weighted by atomic mass is 9.92. The Morgan fingerprint density at radius 1 is 1.18 bits per heavy atom. The zero-order valence-electron chi connectivity index (χ0n) is 14.0. The molecule has 0 bridgehead atoms. The van der Waals surface area contributed by atoms with Crippen molar-refractivity contribution in [2.75, 3.05) is 6.54 Å². The molecule has 0 spiro atoms. The molecule has 122 valence electrons. The molecule has 1 aromatic carbocycles. The van der Waals surface area contributed by atoms with E-state index in [0.717, 1.165) is 6.42 Å². The van der Waals surface area contributed by atoms with Crippen molar-refractivity contribution in [3.8, 4) is 0 Å². The highest BCUT2D eigenvalue weighted by molar-refractivity contribution is 5.97. The highest BCUT2D eigenvalue weighted by atomic mass is 16.3. The first-order valence-corrected chi connectivity index (χ1v) is 7.87. The molecule has 0 heterocycles. The molecule has 0 fully saturated rings. The fourth-order valence-electron chi connectivity index (χ4n) is 1.87. The van der Waals surface area contributed by atoms with E-state index in [4.69, 9.17) is 0 Å². The Morgan fingerprint density at radius 3 is 2.27 bits per heavy atom. The topological polar surface area (TPSA) is 66.4 Å². The molecule has 4 nitrogen and oxygen atoms in total. The summed E-state index contributed by atoms with van der Waals surface area (Å²) in [5, 5.41) is 12.8. The van der Waals surface area contributed by atoms with Crippen LogP contribution in [0.3, 0.4) is 0 Å². The van der Waals surface area contributed by atoms with Crippen LogP contribution in [-0.2, 0) is 11.2 Å². The Labute approximate surface area is 132 Å². The highest BCUT2D eigenvalue weighted by Crippen LogP contribution is 2.14. The molecule has 0 aliphatic carbocycles. The van der Waals surface area contributed by atoms with Crippen LogP contribution in [0.2, 0.25) is 0 Å². The van der Waals surface area contributed by atoms with Gasteiger partial charge in [0.15, 0.2) is 5.78 Å². The predicted molar refractivity (Wildman–Crippen MR) is 87.9 cm³/mol. The molecule has 2 N–H and O–H groups in total. The molecular formula is C18H27NO3. The molecule has 0 aliphatic heterocycles. The summed E-state index contributed by atoms with van der Waals surface area (Å²) in [4.78, 5) is 23.8. The first-order chi connectivity index (χ1) is 10.3. The van der Waals surface area contributed by atoms with Crippen molar-refractivity contribution in [1.82, 2.24) is 5.32 Å². The molecule has 0 radical (unpaired) electrons. The fraction of sp³-hybridized carbons (Fsp3) is 0.556. The minimum absolute atomic E-state index is 0.0339. The van der Waals surface area contributed by atoms with Crippen molar-refractivity contribution in [1.29, 1.82) is 0 Å². The third-order valence-electron chi connectivity index (χ3n) is 4.15. The van der Waals surface area contributed by atoms with Crippen LogP contribution in [-0.4, -0.2) is 28.9 Å². The summed E-state index contributed by atoms with van der Waals surface area (Å²) >= 11 is 0. The van der Waals surface area contributed by atoms with Gasteiger partial charge in [-0.1, -0.05) is 45.0 Å². The maximum absolute atomic E-state index is 12.0. The lowest BCUT2D eigenvalue weighted by molar-refractivity contribution is -0.122. The molecule has 0 aliphatic rings. The molecule has 0 saturated carbocycles. The van der Waals surface area contributed by atoms with Crippen molar-refractivity contribution in [2.45, 2.75) is 52.6 Å². The number of ketones is 1. The number of aryl methyl sites for hydroxylation is 1. The van der Waals surface area contributed by atoms with E-state index in [9.17, 15) is 14.7 Å². The maximum Gasteiger partial charge on any atom is 0.220 e. The molecule has 1 amide bonds. The third kappa shape index (κ3) is 5.60. The van der Waals surface area contributed by atoms with E-state index >= 15 is 0 Å². The van der Waals surface area contributed by atoms with Crippen LogP contribution in [0.25, 0.3) is 0 Å². The molecule has 1 aromatic rings. The number of hydrogen-bond donors (Lipinski definition) is 2. The number of amides is 1. The minimum Gasteiger partial charge on any atom is -0.388 e. The summed E-state index contributed by atoms with van der Waals surface area (Å²) < 4.78 is 0. The second kappa shape index (κ2) is 8.08. The average molecular weight is 305 g/mol. The number of benzene rings is 1. The van der Waals surface area contributed by atoms with E-state index in [-0.39, 0.29) is 37.0 Å². The van der Waals surface area contributed by atoms with Crippen molar-refractivity contribution < 1.29 is 14.7 Å². The summed E-state index contributed by atoms with van der Waals surface area (Å²) in [5.41, 5.74) is 0.889. The van der Waals surface area contributed by atoms with E-state index in [1.807, 2.05) is 38.1 Å². The average Bonchev–Trinajstić information content (AvgIpc) is 2.50. The second-order valence-corrected chi connectivity index (χ2v) is 6.26. The summed E-state index contributed by atoms with van der Waals surface area (Å²) in [7, 11) is 0. The first-order valence-electron chi connectivity index (χ1n) is 7.87. The fourth-order valence-corrected chi connectivity index (χ4v) is 1.87. The lowest BCUT2D eigenvalue weighted by Gasteiger charge is -2.27. The highest BCUT2D eigenvalue weighted by Gasteiger charge is 2.25. The van der Waals surface area contributed by atoms with E-state index < -0.39 is 5.60 Å². The van der Waals surface area contributed by atoms with Crippen LogP contribution < -0.4 is 5.32 Å². The molecule has 1 rings (SSSR count). The van der Waals surface area contributed by atoms with Gasteiger partial charge in [0, 0.05) is 24.9 Å². The second-order valence-electron chi connectivity index (χ2n) is 6.26. The number of carbonyl (C=O) groups is 2. The molecule has 0 aromatic heterocycles. The van der Waals surface area contributed by atoms with Gasteiger partial charge in [0.05, 0.1) is 5.60 Å². The van der Waals surface area contributed by atoms with Crippen LogP contribution in [0, 0.1) is 5.92 Å². The van der Waals surface area contributed by atoms with Crippen LogP contribution in [0.5, 0.6) is 0 Å². The van der Waals surface area contributed by atoms with Crippen LogP contribution in [0.15, 0.2) is 24.3 Å². The summed E-state index contributed by atoms with van der Waals surface area (Å²) in [6.07, 6.45) is 1.26. The zero-order valence-corrected chi connectivity index (χ0v) is 14.0. The predicted octanol–water partition coefficient (Wildman–Crippen LogP) is 2.74. The van der Waals surface area contributed by atoms with Crippen molar-refractivity contribution >= 4 is 11.7 Å². The Balaban J connectivity index is 2.41. The normalized spacial score (nSPS) is 13.7. The van der Waals surface area contributed by atoms with Gasteiger partial charge in [-0.3, -0.25) is 9.59 Å². The van der Waals surface area contributed by atoms with Crippen molar-refractivity contribution in [3.63, 3.8) is 0 Å². The standard InChI is InChI=1S/C18H27NO3/c1-5-14-6-8-15(9-7-14)16(20)10-11-17(21)19-12-18(4,22)13(2)3/h6-9,13,22H,5,10-12H2,1-4H3,(H,19,21). The van der Waals surface area contributed by atoms with Gasteiger partial charge in [-0.2, -0.15) is 0 Å². The smallest absolute Gasteiger partial charge is 0.220 e. The first kappa shape index (κ1) is 18.4. The van der Waals surface area contributed by atoms with E-state index in [0.29, 0.717) is 5.56 Å². The van der Waals surface area contributed by atoms with E-state index in [1.165, 1.54) is 5.56 Å². The van der Waals surface area contributed by atoms with Crippen molar-refractivity contribution in [3.05, 3.63) is 35.4 Å². The molecule has 22 heavy (non-hydrogen) atoms. The molecule has 0 saturated heterocycles. The maximum atomic E-state index is 12.0. The Hall–Kier alpha value is -1.68. The van der Waals surface area contributed by atoms with Crippen molar-refractivity contribution in [2.24, 2.45) is 5.92 Å². The van der Waals surface area contributed by atoms with Gasteiger partial charge in [0.2, 0.25) is 5.91 Å². The Bertz CT molecular complexity index is 504. The number of carbonyl (C=O) groups excluding carboxylic acids is 2. The van der Waals surface area contributed by atoms with E-state index in [1.54, 1.807) is 6.92 Å². The number of hydrogen-bond acceptors (Lipinski definition) is 3. The largest absolute Gasteiger partial charge is 0.388 e. The molecule has 4 heteroatoms. The quantitative estimate of drug-likeness (QED) is 0.726. The number of nitrogens with one attached hydrogen (secondary N) is 1. The van der Waals surface area contributed by atoms with Crippen LogP contribution in [0.4, 0.5) is 0 Å².